The van der Waals surface area contributed by atoms with Crippen molar-refractivity contribution in [3.8, 4) is 0 Å². The summed E-state index contributed by atoms with van der Waals surface area (Å²) in [4.78, 5) is 25.6. The van der Waals surface area contributed by atoms with Crippen LogP contribution in [-0.4, -0.2) is 61.4 Å². The molecular weight excluding hydrogens is 615 g/mol. The van der Waals surface area contributed by atoms with Crippen LogP contribution in [0.5, 0.6) is 0 Å². The third-order valence-electron chi connectivity index (χ3n) is 8.42. The van der Waals surface area contributed by atoms with E-state index in [1.165, 1.54) is 12.1 Å². The van der Waals surface area contributed by atoms with Crippen LogP contribution in [0.4, 0.5) is 18.9 Å². The van der Waals surface area contributed by atoms with Crippen molar-refractivity contribution in [2.45, 2.75) is 74.1 Å². The number of nitrogens with one attached hydrogen (secondary N) is 1. The molecule has 0 bridgehead atoms. The van der Waals surface area contributed by atoms with Gasteiger partial charge >= 0.3 is 5.97 Å². The minimum Gasteiger partial charge on any atom is -0.467 e. The number of hydrogen-bond acceptors (Lipinski definition) is 8. The van der Waals surface area contributed by atoms with Gasteiger partial charge in [0.05, 0.1) is 28.9 Å². The second kappa shape index (κ2) is 11.7. The van der Waals surface area contributed by atoms with Crippen LogP contribution in [0, 0.1) is 29.3 Å². The van der Waals surface area contributed by atoms with E-state index in [0.29, 0.717) is 12.1 Å². The van der Waals surface area contributed by atoms with Crippen molar-refractivity contribution in [2.75, 3.05) is 19.0 Å². The van der Waals surface area contributed by atoms with Crippen LogP contribution in [-0.2, 0) is 28.8 Å². The van der Waals surface area contributed by atoms with Crippen LogP contribution in [0.1, 0.15) is 57.3 Å². The largest absolute Gasteiger partial charge is 0.467 e. The predicted molar refractivity (Wildman–Crippen MR) is 150 cm³/mol. The second-order valence-electron chi connectivity index (χ2n) is 11.4. The zero-order valence-electron chi connectivity index (χ0n) is 24.2. The number of benzene rings is 2. The van der Waals surface area contributed by atoms with Gasteiger partial charge in [-0.05, 0) is 56.7 Å². The Bertz CT molecular complexity index is 1530. The standard InChI is InChI=1S/C29H33ClF3NO8S/c1-6-17-11-19(9-15(2)29(17,37)28(26(36)40-5)14-41-27(3,4)42-28)43(38,39)23-10-16(7-8-20(23)30)25(35)34-18-12-21(31)24(33)22(32)13-18/h7-8,10,12-13,15,17,19,37H,6,9,11,14H2,1-5H3,(H,34,35)/t15-,17+,19-,28?,29-/m0/s1. The van der Waals surface area contributed by atoms with Crippen molar-refractivity contribution in [2.24, 2.45) is 11.8 Å². The number of halogens is 4. The van der Waals surface area contributed by atoms with Crippen molar-refractivity contribution >= 4 is 39.0 Å². The molecule has 1 heterocycles. The maximum atomic E-state index is 14.0. The Morgan fingerprint density at radius 2 is 1.77 bits per heavy atom. The molecule has 2 aromatic carbocycles. The number of anilines is 1. The number of aliphatic hydroxyl groups is 1. The lowest BCUT2D eigenvalue weighted by Gasteiger charge is -2.53. The Balaban J connectivity index is 1.66. The minimum atomic E-state index is -4.24. The van der Waals surface area contributed by atoms with Crippen LogP contribution in [0.2, 0.25) is 5.02 Å². The van der Waals surface area contributed by atoms with Crippen LogP contribution in [0.3, 0.4) is 0 Å². The van der Waals surface area contributed by atoms with Gasteiger partial charge in [0.15, 0.2) is 33.1 Å². The van der Waals surface area contributed by atoms with Crippen molar-refractivity contribution < 1.29 is 50.5 Å². The van der Waals surface area contributed by atoms with Crippen molar-refractivity contribution in [1.29, 1.82) is 0 Å². The summed E-state index contributed by atoms with van der Waals surface area (Å²) in [6.07, 6.45) is 0.0954. The van der Waals surface area contributed by atoms with Crippen molar-refractivity contribution in [3.63, 3.8) is 0 Å². The number of sulfone groups is 1. The number of ether oxygens (including phenoxy) is 3. The molecule has 236 valence electrons. The van der Waals surface area contributed by atoms with Gasteiger partial charge < -0.3 is 24.6 Å². The first-order chi connectivity index (χ1) is 19.9. The first-order valence-corrected chi connectivity index (χ1v) is 15.5. The molecule has 9 nitrogen and oxygen atoms in total. The number of carbonyl (C=O) groups excluding carboxylic acids is 2. The minimum absolute atomic E-state index is 0.0803. The summed E-state index contributed by atoms with van der Waals surface area (Å²) in [5.41, 5.74) is -4.34. The zero-order valence-corrected chi connectivity index (χ0v) is 25.7. The average Bonchev–Trinajstić information content (AvgIpc) is 3.29. The number of esters is 1. The van der Waals surface area contributed by atoms with E-state index in [4.69, 9.17) is 25.8 Å². The molecular formula is C29H33ClF3NO8S. The zero-order chi connectivity index (χ0) is 32.1. The van der Waals surface area contributed by atoms with Gasteiger partial charge in [-0.1, -0.05) is 31.9 Å². The van der Waals surface area contributed by atoms with E-state index in [2.05, 4.69) is 5.32 Å². The lowest BCUT2D eigenvalue weighted by atomic mass is 9.60. The molecule has 14 heteroatoms. The Labute approximate surface area is 252 Å². The number of amides is 1. The Hall–Kier alpha value is -2.71. The van der Waals surface area contributed by atoms with Crippen molar-refractivity contribution in [1.82, 2.24) is 0 Å². The number of hydrogen-bond donors (Lipinski definition) is 2. The second-order valence-corrected chi connectivity index (χ2v) is 14.0. The SMILES string of the molecule is CC[C@@H]1C[C@@H](S(=O)(=O)c2cc(C(=O)Nc3cc(F)c(F)c(F)c3)ccc2Cl)C[C@H](C)[C@@]1(O)C1(C(=O)OC)COC(C)(C)O1. The van der Waals surface area contributed by atoms with Gasteiger partial charge in [0, 0.05) is 23.4 Å². The molecule has 1 saturated heterocycles. The molecule has 1 unspecified atom stereocenters. The van der Waals surface area contributed by atoms with Crippen LogP contribution < -0.4 is 5.32 Å². The molecule has 43 heavy (non-hydrogen) atoms. The number of methoxy groups -OCH3 is 1. The monoisotopic (exact) mass is 647 g/mol. The maximum Gasteiger partial charge on any atom is 0.343 e. The quantitative estimate of drug-likeness (QED) is 0.316. The summed E-state index contributed by atoms with van der Waals surface area (Å²) >= 11 is 6.31. The molecule has 5 atom stereocenters. The molecule has 2 fully saturated rings. The van der Waals surface area contributed by atoms with E-state index in [0.717, 1.165) is 13.2 Å². The van der Waals surface area contributed by atoms with E-state index in [9.17, 15) is 36.3 Å². The summed E-state index contributed by atoms with van der Waals surface area (Å²) in [6.45, 7) is 6.26. The van der Waals surface area contributed by atoms with Crippen LogP contribution in [0.25, 0.3) is 0 Å². The van der Waals surface area contributed by atoms with Crippen LogP contribution >= 0.6 is 11.6 Å². The summed E-state index contributed by atoms with van der Waals surface area (Å²) in [7, 11) is -3.07. The molecule has 0 spiro atoms. The van der Waals surface area contributed by atoms with E-state index < -0.39 is 73.2 Å². The van der Waals surface area contributed by atoms with Crippen LogP contribution in [0.15, 0.2) is 35.2 Å². The van der Waals surface area contributed by atoms with Gasteiger partial charge in [0.1, 0.15) is 5.60 Å². The predicted octanol–water partition coefficient (Wildman–Crippen LogP) is 5.03. The van der Waals surface area contributed by atoms with Gasteiger partial charge in [-0.15, -0.1) is 0 Å². The summed E-state index contributed by atoms with van der Waals surface area (Å²) in [5.74, 6) is -9.28. The van der Waals surface area contributed by atoms with E-state index in [1.54, 1.807) is 27.7 Å². The highest BCUT2D eigenvalue weighted by molar-refractivity contribution is 7.92. The third-order valence-corrected chi connectivity index (χ3v) is 11.1. The topological polar surface area (TPSA) is 128 Å². The Kier molecular flexibility index (Phi) is 9.00. The van der Waals surface area contributed by atoms with Gasteiger partial charge in [0.25, 0.3) is 5.91 Å². The molecule has 0 aromatic heterocycles. The number of rotatable bonds is 7. The van der Waals surface area contributed by atoms with E-state index >= 15 is 0 Å². The molecule has 1 amide bonds. The number of carbonyl (C=O) groups is 2. The third kappa shape index (κ3) is 5.66. The lowest BCUT2D eigenvalue weighted by Crippen LogP contribution is -2.70. The van der Waals surface area contributed by atoms with Gasteiger partial charge in [-0.2, -0.15) is 0 Å². The van der Waals surface area contributed by atoms with Gasteiger partial charge in [-0.3, -0.25) is 4.79 Å². The van der Waals surface area contributed by atoms with Crippen molar-refractivity contribution in [3.05, 3.63) is 58.4 Å². The molecule has 1 saturated carbocycles. The molecule has 2 N–H and O–H groups in total. The average molecular weight is 648 g/mol. The molecule has 2 aliphatic rings. The lowest BCUT2D eigenvalue weighted by molar-refractivity contribution is -0.256. The highest BCUT2D eigenvalue weighted by Gasteiger charge is 2.70. The maximum absolute atomic E-state index is 14.0. The highest BCUT2D eigenvalue weighted by Crippen LogP contribution is 2.54. The van der Waals surface area contributed by atoms with E-state index in [-0.39, 0.29) is 47.0 Å². The molecule has 1 aliphatic heterocycles. The smallest absolute Gasteiger partial charge is 0.343 e. The van der Waals surface area contributed by atoms with Gasteiger partial charge in [0.2, 0.25) is 5.60 Å². The highest BCUT2D eigenvalue weighted by atomic mass is 35.5. The first kappa shape index (κ1) is 33.2. The summed E-state index contributed by atoms with van der Waals surface area (Å²) in [5, 5.41) is 13.2. The molecule has 1 aliphatic carbocycles. The Morgan fingerprint density at radius 3 is 2.30 bits per heavy atom. The summed E-state index contributed by atoms with van der Waals surface area (Å²) < 4.78 is 85.3. The first-order valence-electron chi connectivity index (χ1n) is 13.6. The molecule has 2 aromatic rings. The fourth-order valence-corrected chi connectivity index (χ4v) is 8.74. The van der Waals surface area contributed by atoms with Gasteiger partial charge in [-0.25, -0.2) is 26.4 Å². The molecule has 4 rings (SSSR count). The normalized spacial score (nSPS) is 28.8. The fraction of sp³-hybridized carbons (Fsp3) is 0.517. The summed E-state index contributed by atoms with van der Waals surface area (Å²) in [6, 6.07) is 4.64. The fourth-order valence-electron chi connectivity index (χ4n) is 6.28. The van der Waals surface area contributed by atoms with E-state index in [1.807, 2.05) is 0 Å². The molecule has 0 radical (unpaired) electrons. The Morgan fingerprint density at radius 1 is 1.14 bits per heavy atom.